The number of hydrogen-bond donors (Lipinski definition) is 0. The molecule has 0 N–H and O–H groups in total. The number of halogens is 1. The number of fused-ring (bicyclic) bond motifs is 1. The second-order valence-electron chi connectivity index (χ2n) is 5.79. The van der Waals surface area contributed by atoms with Crippen molar-refractivity contribution >= 4 is 11.6 Å². The molecule has 0 bridgehead atoms. The highest BCUT2D eigenvalue weighted by molar-refractivity contribution is 6.20. The van der Waals surface area contributed by atoms with E-state index in [2.05, 4.69) is 0 Å². The molecule has 1 aromatic rings. The molecule has 4 heteroatoms. The van der Waals surface area contributed by atoms with Crippen LogP contribution in [0, 0.1) is 0 Å². The Hall–Kier alpha value is -0.930. The maximum absolute atomic E-state index is 6.56. The van der Waals surface area contributed by atoms with Crippen molar-refractivity contribution in [1.29, 1.82) is 0 Å². The van der Waals surface area contributed by atoms with Crippen LogP contribution >= 0.6 is 11.6 Å². The van der Waals surface area contributed by atoms with Crippen LogP contribution < -0.4 is 9.47 Å². The van der Waals surface area contributed by atoms with Gasteiger partial charge in [-0.2, -0.15) is 0 Å². The van der Waals surface area contributed by atoms with Gasteiger partial charge in [0, 0.05) is 13.0 Å². The molecule has 2 atom stereocenters. The Kier molecular flexibility index (Phi) is 5.26. The van der Waals surface area contributed by atoms with Crippen molar-refractivity contribution in [3.63, 3.8) is 0 Å². The minimum atomic E-state index is 0.00711. The molecular weight excluding hydrogens is 288 g/mol. The summed E-state index contributed by atoms with van der Waals surface area (Å²) in [6.07, 6.45) is 6.93. The van der Waals surface area contributed by atoms with Crippen LogP contribution in [0.15, 0.2) is 18.2 Å². The zero-order valence-corrected chi connectivity index (χ0v) is 13.1. The molecule has 3 rings (SSSR count). The van der Waals surface area contributed by atoms with Gasteiger partial charge in [-0.1, -0.05) is 6.07 Å². The molecule has 21 heavy (non-hydrogen) atoms. The van der Waals surface area contributed by atoms with E-state index >= 15 is 0 Å². The lowest BCUT2D eigenvalue weighted by Crippen LogP contribution is -2.19. The number of hydrogen-bond acceptors (Lipinski definition) is 3. The van der Waals surface area contributed by atoms with Crippen LogP contribution in [-0.2, 0) is 4.74 Å². The van der Waals surface area contributed by atoms with Crippen molar-refractivity contribution in [2.75, 3.05) is 19.8 Å². The largest absolute Gasteiger partial charge is 0.490 e. The molecule has 0 radical (unpaired) electrons. The first-order chi connectivity index (χ1) is 10.3. The van der Waals surface area contributed by atoms with Gasteiger partial charge in [-0.15, -0.1) is 11.6 Å². The Morgan fingerprint density at radius 2 is 1.90 bits per heavy atom. The van der Waals surface area contributed by atoms with Crippen LogP contribution in [0.3, 0.4) is 0 Å². The summed E-state index contributed by atoms with van der Waals surface area (Å²) in [6, 6.07) is 6.05. The molecule has 2 aliphatic rings. The van der Waals surface area contributed by atoms with Crippen molar-refractivity contribution in [1.82, 2.24) is 0 Å². The van der Waals surface area contributed by atoms with Crippen LogP contribution in [0.25, 0.3) is 0 Å². The average Bonchev–Trinajstić information content (AvgIpc) is 2.78. The highest BCUT2D eigenvalue weighted by Crippen LogP contribution is 2.36. The summed E-state index contributed by atoms with van der Waals surface area (Å²) in [5.41, 5.74) is 1.11. The van der Waals surface area contributed by atoms with Gasteiger partial charge in [0.15, 0.2) is 11.5 Å². The monoisotopic (exact) mass is 310 g/mol. The molecule has 1 aromatic carbocycles. The summed E-state index contributed by atoms with van der Waals surface area (Å²) < 4.78 is 17.1. The van der Waals surface area contributed by atoms with E-state index in [9.17, 15) is 0 Å². The molecule has 2 heterocycles. The van der Waals surface area contributed by atoms with E-state index in [4.69, 9.17) is 25.8 Å². The summed E-state index contributed by atoms with van der Waals surface area (Å²) in [5, 5.41) is 0.00711. The van der Waals surface area contributed by atoms with E-state index in [1.807, 2.05) is 18.2 Å². The van der Waals surface area contributed by atoms with Gasteiger partial charge >= 0.3 is 0 Å². The normalized spacial score (nSPS) is 23.4. The van der Waals surface area contributed by atoms with Crippen LogP contribution in [0.5, 0.6) is 11.5 Å². The van der Waals surface area contributed by atoms with E-state index in [0.717, 1.165) is 49.5 Å². The molecule has 3 nitrogen and oxygen atoms in total. The van der Waals surface area contributed by atoms with Crippen LogP contribution in [-0.4, -0.2) is 25.9 Å². The van der Waals surface area contributed by atoms with Crippen molar-refractivity contribution in [2.24, 2.45) is 0 Å². The topological polar surface area (TPSA) is 27.7 Å². The Bertz CT molecular complexity index is 457. The molecule has 0 spiro atoms. The lowest BCUT2D eigenvalue weighted by atomic mass is 10.0. The third kappa shape index (κ3) is 4.04. The first-order valence-corrected chi connectivity index (χ1v) is 8.42. The number of benzene rings is 1. The smallest absolute Gasteiger partial charge is 0.161 e. The van der Waals surface area contributed by atoms with Gasteiger partial charge in [-0.3, -0.25) is 0 Å². The quantitative estimate of drug-likeness (QED) is 0.768. The highest BCUT2D eigenvalue weighted by Gasteiger charge is 2.18. The van der Waals surface area contributed by atoms with Gasteiger partial charge in [0.05, 0.1) is 24.7 Å². The summed E-state index contributed by atoms with van der Waals surface area (Å²) in [6.45, 7) is 2.33. The second-order valence-corrected chi connectivity index (χ2v) is 6.32. The van der Waals surface area contributed by atoms with E-state index in [-0.39, 0.29) is 5.38 Å². The van der Waals surface area contributed by atoms with Gasteiger partial charge < -0.3 is 14.2 Å². The second kappa shape index (κ2) is 7.37. The predicted molar refractivity (Wildman–Crippen MR) is 83.5 cm³/mol. The summed E-state index contributed by atoms with van der Waals surface area (Å²) in [5.74, 6) is 1.65. The van der Waals surface area contributed by atoms with Crippen molar-refractivity contribution < 1.29 is 14.2 Å². The first kappa shape index (κ1) is 15.0. The van der Waals surface area contributed by atoms with Crippen LogP contribution in [0.4, 0.5) is 0 Å². The molecule has 1 saturated heterocycles. The Morgan fingerprint density at radius 3 is 2.71 bits per heavy atom. The molecular formula is C17H23ClO3. The van der Waals surface area contributed by atoms with Gasteiger partial charge in [0.25, 0.3) is 0 Å². The van der Waals surface area contributed by atoms with Gasteiger partial charge in [-0.25, -0.2) is 0 Å². The SMILES string of the molecule is ClC(CCC1CCCCO1)c1ccc2c(c1)OCCCO2. The zero-order chi connectivity index (χ0) is 14.5. The molecule has 0 aromatic heterocycles. The maximum Gasteiger partial charge on any atom is 0.161 e. The van der Waals surface area contributed by atoms with E-state index in [0.29, 0.717) is 12.7 Å². The summed E-state index contributed by atoms with van der Waals surface area (Å²) in [7, 11) is 0. The summed E-state index contributed by atoms with van der Waals surface area (Å²) >= 11 is 6.56. The standard InChI is InChI=1S/C17H23ClO3/c18-15(7-6-14-4-1-2-9-19-14)13-5-8-16-17(12-13)21-11-3-10-20-16/h5,8,12,14-15H,1-4,6-7,9-11H2. The lowest BCUT2D eigenvalue weighted by Gasteiger charge is -2.23. The Balaban J connectivity index is 1.58. The lowest BCUT2D eigenvalue weighted by molar-refractivity contribution is 0.0100. The van der Waals surface area contributed by atoms with E-state index in [1.54, 1.807) is 0 Å². The van der Waals surface area contributed by atoms with Crippen LogP contribution in [0.1, 0.15) is 49.5 Å². The fourth-order valence-electron chi connectivity index (χ4n) is 2.91. The number of ether oxygens (including phenoxy) is 3. The van der Waals surface area contributed by atoms with E-state index in [1.165, 1.54) is 19.3 Å². The van der Waals surface area contributed by atoms with Gasteiger partial charge in [0.1, 0.15) is 0 Å². The third-order valence-electron chi connectivity index (χ3n) is 4.15. The average molecular weight is 311 g/mol. The summed E-state index contributed by atoms with van der Waals surface area (Å²) in [4.78, 5) is 0. The van der Waals surface area contributed by atoms with Crippen molar-refractivity contribution in [2.45, 2.75) is 50.0 Å². The van der Waals surface area contributed by atoms with Crippen LogP contribution in [0.2, 0.25) is 0 Å². The maximum atomic E-state index is 6.56. The third-order valence-corrected chi connectivity index (χ3v) is 4.62. The molecule has 0 aliphatic carbocycles. The zero-order valence-electron chi connectivity index (χ0n) is 12.4. The molecule has 0 saturated carbocycles. The number of alkyl halides is 1. The van der Waals surface area contributed by atoms with E-state index < -0.39 is 0 Å². The molecule has 1 fully saturated rings. The Morgan fingerprint density at radius 1 is 1.05 bits per heavy atom. The fourth-order valence-corrected chi connectivity index (χ4v) is 3.17. The Labute approximate surface area is 131 Å². The highest BCUT2D eigenvalue weighted by atomic mass is 35.5. The minimum absolute atomic E-state index is 0.00711. The molecule has 2 aliphatic heterocycles. The first-order valence-electron chi connectivity index (χ1n) is 7.98. The van der Waals surface area contributed by atoms with Crippen molar-refractivity contribution in [3.05, 3.63) is 23.8 Å². The molecule has 2 unspecified atom stereocenters. The molecule has 116 valence electrons. The van der Waals surface area contributed by atoms with Gasteiger partial charge in [0.2, 0.25) is 0 Å². The fraction of sp³-hybridized carbons (Fsp3) is 0.647. The van der Waals surface area contributed by atoms with Crippen molar-refractivity contribution in [3.8, 4) is 11.5 Å². The number of rotatable bonds is 4. The van der Waals surface area contributed by atoms with Gasteiger partial charge in [-0.05, 0) is 49.8 Å². The minimum Gasteiger partial charge on any atom is -0.490 e. The molecule has 0 amide bonds. The predicted octanol–water partition coefficient (Wildman–Crippen LogP) is 4.48.